The molecule has 0 radical (unpaired) electrons. The zero-order chi connectivity index (χ0) is 12.2. The van der Waals surface area contributed by atoms with Gasteiger partial charge >= 0.3 is 6.09 Å². The highest BCUT2D eigenvalue weighted by Crippen LogP contribution is 2.19. The van der Waals surface area contributed by atoms with Gasteiger partial charge in [-0.2, -0.15) is 4.91 Å². The van der Waals surface area contributed by atoms with Gasteiger partial charge in [-0.1, -0.05) is 5.18 Å². The van der Waals surface area contributed by atoms with E-state index in [0.29, 0.717) is 19.6 Å². The molecule has 5 nitrogen and oxygen atoms in total. The molecular formula is C11H20N2O3. The summed E-state index contributed by atoms with van der Waals surface area (Å²) in [6, 6.07) is 0. The fourth-order valence-electron chi connectivity index (χ4n) is 1.81. The molecule has 1 atom stereocenters. The van der Waals surface area contributed by atoms with Gasteiger partial charge in [0.1, 0.15) is 5.60 Å². The Hall–Kier alpha value is -1.13. The summed E-state index contributed by atoms with van der Waals surface area (Å²) in [5, 5.41) is 2.90. The lowest BCUT2D eigenvalue weighted by molar-refractivity contribution is 0.0170. The molecule has 1 aliphatic heterocycles. The van der Waals surface area contributed by atoms with E-state index < -0.39 is 5.60 Å². The minimum Gasteiger partial charge on any atom is -0.444 e. The molecule has 0 aromatic heterocycles. The summed E-state index contributed by atoms with van der Waals surface area (Å²) in [5.74, 6) is 0.193. The number of carbonyl (C=O) groups excluding carboxylic acids is 1. The molecule has 1 rings (SSSR count). The molecule has 1 saturated heterocycles. The van der Waals surface area contributed by atoms with E-state index >= 15 is 0 Å². The Morgan fingerprint density at radius 1 is 1.50 bits per heavy atom. The van der Waals surface area contributed by atoms with Crippen molar-refractivity contribution in [3.8, 4) is 0 Å². The van der Waals surface area contributed by atoms with E-state index in [-0.39, 0.29) is 12.0 Å². The number of ether oxygens (including phenoxy) is 1. The van der Waals surface area contributed by atoms with E-state index in [0.717, 1.165) is 12.8 Å². The Bertz CT molecular complexity index is 260. The third kappa shape index (κ3) is 4.16. The fraction of sp³-hybridized carbons (Fsp3) is 0.909. The molecule has 1 heterocycles. The number of hydrogen-bond donors (Lipinski definition) is 0. The van der Waals surface area contributed by atoms with Crippen molar-refractivity contribution < 1.29 is 9.53 Å². The largest absolute Gasteiger partial charge is 0.444 e. The van der Waals surface area contributed by atoms with Crippen LogP contribution < -0.4 is 0 Å². The van der Waals surface area contributed by atoms with Crippen molar-refractivity contribution in [3.63, 3.8) is 0 Å². The van der Waals surface area contributed by atoms with Crippen LogP contribution in [0.25, 0.3) is 0 Å². The molecular weight excluding hydrogens is 208 g/mol. The summed E-state index contributed by atoms with van der Waals surface area (Å²) in [7, 11) is 0. The van der Waals surface area contributed by atoms with Crippen LogP contribution in [0, 0.1) is 10.8 Å². The molecule has 0 bridgehead atoms. The van der Waals surface area contributed by atoms with Crippen molar-refractivity contribution in [2.75, 3.05) is 19.6 Å². The lowest BCUT2D eigenvalue weighted by atomic mass is 9.99. The van der Waals surface area contributed by atoms with Gasteiger partial charge in [-0.05, 0) is 39.5 Å². The monoisotopic (exact) mass is 228 g/mol. The number of carbonyl (C=O) groups is 1. The summed E-state index contributed by atoms with van der Waals surface area (Å²) in [6.45, 7) is 7.13. The van der Waals surface area contributed by atoms with Gasteiger partial charge < -0.3 is 9.64 Å². The molecule has 1 amide bonds. The minimum absolute atomic E-state index is 0.193. The zero-order valence-electron chi connectivity index (χ0n) is 10.2. The van der Waals surface area contributed by atoms with Gasteiger partial charge in [-0.15, -0.1) is 0 Å². The third-order valence-corrected chi connectivity index (χ3v) is 2.50. The molecule has 0 aliphatic carbocycles. The lowest BCUT2D eigenvalue weighted by Crippen LogP contribution is -2.43. The third-order valence-electron chi connectivity index (χ3n) is 2.50. The van der Waals surface area contributed by atoms with Crippen molar-refractivity contribution in [1.82, 2.24) is 4.90 Å². The smallest absolute Gasteiger partial charge is 0.410 e. The summed E-state index contributed by atoms with van der Waals surface area (Å²) in [6.07, 6.45) is 1.59. The minimum atomic E-state index is -0.465. The quantitative estimate of drug-likeness (QED) is 0.682. The van der Waals surface area contributed by atoms with Gasteiger partial charge in [0.15, 0.2) is 0 Å². The molecule has 16 heavy (non-hydrogen) atoms. The van der Waals surface area contributed by atoms with E-state index in [1.165, 1.54) is 0 Å². The molecule has 92 valence electrons. The summed E-state index contributed by atoms with van der Waals surface area (Å²) < 4.78 is 5.28. The van der Waals surface area contributed by atoms with Crippen molar-refractivity contribution in [1.29, 1.82) is 0 Å². The first-order chi connectivity index (χ1) is 7.42. The van der Waals surface area contributed by atoms with Crippen LogP contribution in [0.3, 0.4) is 0 Å². The van der Waals surface area contributed by atoms with E-state index in [1.54, 1.807) is 4.90 Å². The Balaban J connectivity index is 2.47. The number of likely N-dealkylation sites (tertiary alicyclic amines) is 1. The molecule has 1 aliphatic rings. The molecule has 0 aromatic carbocycles. The Labute approximate surface area is 96.1 Å². The van der Waals surface area contributed by atoms with Crippen molar-refractivity contribution in [3.05, 3.63) is 4.91 Å². The number of hydrogen-bond acceptors (Lipinski definition) is 4. The maximum Gasteiger partial charge on any atom is 0.410 e. The zero-order valence-corrected chi connectivity index (χ0v) is 10.2. The van der Waals surface area contributed by atoms with Gasteiger partial charge in [0.05, 0.1) is 6.54 Å². The Morgan fingerprint density at radius 2 is 2.19 bits per heavy atom. The summed E-state index contributed by atoms with van der Waals surface area (Å²) in [4.78, 5) is 23.6. The summed E-state index contributed by atoms with van der Waals surface area (Å²) in [5.41, 5.74) is -0.465. The van der Waals surface area contributed by atoms with Crippen molar-refractivity contribution in [2.45, 2.75) is 39.2 Å². The standard InChI is InChI=1S/C11H20N2O3/c1-11(2,3)16-10(14)13-6-4-5-9(8-13)7-12-15/h9H,4-8H2,1-3H3. The first-order valence-corrected chi connectivity index (χ1v) is 5.69. The topological polar surface area (TPSA) is 59.0 Å². The first kappa shape index (κ1) is 12.9. The van der Waals surface area contributed by atoms with Crippen LogP contribution in [0.15, 0.2) is 5.18 Å². The second-order valence-corrected chi connectivity index (χ2v) is 5.25. The lowest BCUT2D eigenvalue weighted by Gasteiger charge is -2.33. The summed E-state index contributed by atoms with van der Waals surface area (Å²) >= 11 is 0. The van der Waals surface area contributed by atoms with Crippen LogP contribution in [0.5, 0.6) is 0 Å². The number of amides is 1. The second-order valence-electron chi connectivity index (χ2n) is 5.25. The highest BCUT2D eigenvalue weighted by molar-refractivity contribution is 5.68. The van der Waals surface area contributed by atoms with Gasteiger partial charge in [0.25, 0.3) is 0 Å². The average Bonchev–Trinajstić information content (AvgIpc) is 2.16. The van der Waals surface area contributed by atoms with E-state index in [9.17, 15) is 9.70 Å². The molecule has 0 aromatic rings. The first-order valence-electron chi connectivity index (χ1n) is 5.69. The van der Waals surface area contributed by atoms with Crippen LogP contribution >= 0.6 is 0 Å². The van der Waals surface area contributed by atoms with Gasteiger partial charge in [0.2, 0.25) is 0 Å². The van der Waals surface area contributed by atoms with Crippen molar-refractivity contribution >= 4 is 6.09 Å². The predicted octanol–water partition coefficient (Wildman–Crippen LogP) is 2.40. The maximum atomic E-state index is 11.8. The van der Waals surface area contributed by atoms with Crippen LogP contribution in [-0.4, -0.2) is 36.2 Å². The highest BCUT2D eigenvalue weighted by Gasteiger charge is 2.27. The number of nitroso groups, excluding NO2 is 1. The number of rotatable bonds is 2. The van der Waals surface area contributed by atoms with Crippen LogP contribution in [0.1, 0.15) is 33.6 Å². The van der Waals surface area contributed by atoms with Gasteiger partial charge in [-0.3, -0.25) is 0 Å². The average molecular weight is 228 g/mol. The van der Waals surface area contributed by atoms with Crippen LogP contribution in [0.2, 0.25) is 0 Å². The molecule has 0 spiro atoms. The van der Waals surface area contributed by atoms with Crippen LogP contribution in [-0.2, 0) is 4.74 Å². The van der Waals surface area contributed by atoms with E-state index in [2.05, 4.69) is 5.18 Å². The Kier molecular flexibility index (Phi) is 4.26. The second kappa shape index (κ2) is 5.27. The van der Waals surface area contributed by atoms with E-state index in [1.807, 2.05) is 20.8 Å². The molecule has 0 saturated carbocycles. The molecule has 1 fully saturated rings. The normalized spacial score (nSPS) is 21.7. The molecule has 1 unspecified atom stereocenters. The fourth-order valence-corrected chi connectivity index (χ4v) is 1.81. The Morgan fingerprint density at radius 3 is 2.75 bits per heavy atom. The van der Waals surface area contributed by atoms with Crippen molar-refractivity contribution in [2.24, 2.45) is 11.1 Å². The van der Waals surface area contributed by atoms with E-state index in [4.69, 9.17) is 4.74 Å². The molecule has 5 heteroatoms. The maximum absolute atomic E-state index is 11.8. The van der Waals surface area contributed by atoms with Gasteiger partial charge in [0, 0.05) is 13.1 Å². The number of nitrogens with zero attached hydrogens (tertiary/aromatic N) is 2. The highest BCUT2D eigenvalue weighted by atomic mass is 16.6. The SMILES string of the molecule is CC(C)(C)OC(=O)N1CCCC(CN=O)C1. The van der Waals surface area contributed by atoms with Gasteiger partial charge in [-0.25, -0.2) is 4.79 Å². The number of piperidine rings is 1. The van der Waals surface area contributed by atoms with Crippen LogP contribution in [0.4, 0.5) is 4.79 Å². The predicted molar refractivity (Wildman–Crippen MR) is 61.2 cm³/mol. The molecule has 0 N–H and O–H groups in total.